The minimum Gasteiger partial charge on any atom is -0.396 e. The first kappa shape index (κ1) is 15.9. The van der Waals surface area contributed by atoms with E-state index in [2.05, 4.69) is 4.98 Å². The second-order valence-corrected chi connectivity index (χ2v) is 6.09. The standard InChI is InChI=1S/C16H20FN3O3/c17-13-8-12(20-14(22)2-1-3-15(20)23)9-18-16(13)19-6-4-11(10-21)5-7-19/h8-9,11,21H,1-7,10H2. The van der Waals surface area contributed by atoms with E-state index < -0.39 is 5.82 Å². The molecule has 124 valence electrons. The van der Waals surface area contributed by atoms with E-state index in [-0.39, 0.29) is 35.8 Å². The number of imide groups is 1. The van der Waals surface area contributed by atoms with Crippen LogP contribution < -0.4 is 9.80 Å². The van der Waals surface area contributed by atoms with E-state index in [0.717, 1.165) is 17.7 Å². The Morgan fingerprint density at radius 1 is 1.22 bits per heavy atom. The summed E-state index contributed by atoms with van der Waals surface area (Å²) in [5, 5.41) is 9.16. The lowest BCUT2D eigenvalue weighted by molar-refractivity contribution is -0.129. The van der Waals surface area contributed by atoms with Gasteiger partial charge in [-0.05, 0) is 25.2 Å². The molecule has 0 atom stereocenters. The van der Waals surface area contributed by atoms with Crippen LogP contribution in [-0.2, 0) is 9.59 Å². The van der Waals surface area contributed by atoms with Crippen molar-refractivity contribution in [2.75, 3.05) is 29.5 Å². The van der Waals surface area contributed by atoms with Crippen LogP contribution in [0, 0.1) is 11.7 Å². The topological polar surface area (TPSA) is 73.7 Å². The number of halogens is 1. The van der Waals surface area contributed by atoms with E-state index in [0.29, 0.717) is 32.4 Å². The third-order valence-corrected chi connectivity index (χ3v) is 4.52. The number of aliphatic hydroxyl groups excluding tert-OH is 1. The summed E-state index contributed by atoms with van der Waals surface area (Å²) >= 11 is 0. The largest absolute Gasteiger partial charge is 0.396 e. The summed E-state index contributed by atoms with van der Waals surface area (Å²) in [5.74, 6) is -0.645. The van der Waals surface area contributed by atoms with E-state index in [1.54, 1.807) is 0 Å². The molecule has 2 saturated heterocycles. The van der Waals surface area contributed by atoms with Gasteiger partial charge < -0.3 is 10.0 Å². The summed E-state index contributed by atoms with van der Waals surface area (Å²) < 4.78 is 14.4. The van der Waals surface area contributed by atoms with E-state index >= 15 is 0 Å². The lowest BCUT2D eigenvalue weighted by Crippen LogP contribution is -2.40. The Bertz CT molecular complexity index is 599. The molecule has 0 aromatic carbocycles. The number of hydrogen-bond acceptors (Lipinski definition) is 5. The smallest absolute Gasteiger partial charge is 0.233 e. The van der Waals surface area contributed by atoms with Gasteiger partial charge in [-0.2, -0.15) is 0 Å². The van der Waals surface area contributed by atoms with Gasteiger partial charge in [0.1, 0.15) is 0 Å². The van der Waals surface area contributed by atoms with E-state index in [1.165, 1.54) is 12.3 Å². The first-order valence-corrected chi connectivity index (χ1v) is 7.97. The molecule has 2 fully saturated rings. The molecule has 0 bridgehead atoms. The fourth-order valence-electron chi connectivity index (χ4n) is 3.14. The quantitative estimate of drug-likeness (QED) is 0.854. The van der Waals surface area contributed by atoms with Crippen molar-refractivity contribution in [1.82, 2.24) is 4.98 Å². The minimum absolute atomic E-state index is 0.155. The number of aliphatic hydroxyl groups is 1. The third-order valence-electron chi connectivity index (χ3n) is 4.52. The van der Waals surface area contributed by atoms with E-state index in [1.807, 2.05) is 4.90 Å². The van der Waals surface area contributed by atoms with Crippen LogP contribution in [-0.4, -0.2) is 41.6 Å². The number of amides is 2. The van der Waals surface area contributed by atoms with Gasteiger partial charge in [-0.1, -0.05) is 0 Å². The van der Waals surface area contributed by atoms with Crippen LogP contribution in [0.25, 0.3) is 0 Å². The summed E-state index contributed by atoms with van der Waals surface area (Å²) in [6, 6.07) is 1.21. The van der Waals surface area contributed by atoms with Crippen molar-refractivity contribution in [2.45, 2.75) is 32.1 Å². The molecule has 1 aromatic heterocycles. The molecule has 6 nitrogen and oxygen atoms in total. The summed E-state index contributed by atoms with van der Waals surface area (Å²) in [7, 11) is 0. The number of nitrogens with zero attached hydrogens (tertiary/aromatic N) is 3. The molecule has 3 heterocycles. The van der Waals surface area contributed by atoms with Gasteiger partial charge in [0.15, 0.2) is 11.6 Å². The Kier molecular flexibility index (Phi) is 4.56. The van der Waals surface area contributed by atoms with E-state index in [9.17, 15) is 14.0 Å². The number of carbonyl (C=O) groups is 2. The fourth-order valence-corrected chi connectivity index (χ4v) is 3.14. The van der Waals surface area contributed by atoms with Gasteiger partial charge in [-0.25, -0.2) is 14.3 Å². The second kappa shape index (κ2) is 6.62. The zero-order chi connectivity index (χ0) is 16.4. The van der Waals surface area contributed by atoms with Crippen LogP contribution in [0.1, 0.15) is 32.1 Å². The SMILES string of the molecule is O=C1CCCC(=O)N1c1cnc(N2CCC(CO)CC2)c(F)c1. The van der Waals surface area contributed by atoms with Crippen LogP contribution in [0.15, 0.2) is 12.3 Å². The van der Waals surface area contributed by atoms with Crippen LogP contribution >= 0.6 is 0 Å². The first-order chi connectivity index (χ1) is 11.1. The molecule has 0 unspecified atom stereocenters. The van der Waals surface area contributed by atoms with Gasteiger partial charge in [-0.3, -0.25) is 9.59 Å². The van der Waals surface area contributed by atoms with E-state index in [4.69, 9.17) is 5.11 Å². The normalized spacial score (nSPS) is 20.3. The number of aromatic nitrogens is 1. The Morgan fingerprint density at radius 3 is 2.43 bits per heavy atom. The van der Waals surface area contributed by atoms with Crippen LogP contribution in [0.4, 0.5) is 15.9 Å². The fraction of sp³-hybridized carbons (Fsp3) is 0.562. The van der Waals surface area contributed by atoms with Gasteiger partial charge in [0.05, 0.1) is 11.9 Å². The lowest BCUT2D eigenvalue weighted by atomic mass is 9.98. The van der Waals surface area contributed by atoms with Crippen molar-refractivity contribution < 1.29 is 19.1 Å². The van der Waals surface area contributed by atoms with Crippen molar-refractivity contribution in [3.63, 3.8) is 0 Å². The Hall–Kier alpha value is -2.02. The van der Waals surface area contributed by atoms with Gasteiger partial charge in [0, 0.05) is 38.6 Å². The average Bonchev–Trinajstić information content (AvgIpc) is 2.55. The van der Waals surface area contributed by atoms with Crippen molar-refractivity contribution in [3.8, 4) is 0 Å². The van der Waals surface area contributed by atoms with Crippen LogP contribution in [0.5, 0.6) is 0 Å². The second-order valence-electron chi connectivity index (χ2n) is 6.09. The molecule has 2 amide bonds. The highest BCUT2D eigenvalue weighted by Gasteiger charge is 2.29. The molecule has 2 aliphatic rings. The number of pyridine rings is 1. The average molecular weight is 321 g/mol. The Morgan fingerprint density at radius 2 is 1.87 bits per heavy atom. The number of piperidine rings is 2. The van der Waals surface area contributed by atoms with Crippen LogP contribution in [0.2, 0.25) is 0 Å². The zero-order valence-corrected chi connectivity index (χ0v) is 12.9. The summed E-state index contributed by atoms with van der Waals surface area (Å²) in [5.41, 5.74) is 0.200. The summed E-state index contributed by atoms with van der Waals surface area (Å²) in [6.45, 7) is 1.42. The molecule has 1 aromatic rings. The van der Waals surface area contributed by atoms with Crippen LogP contribution in [0.3, 0.4) is 0 Å². The highest BCUT2D eigenvalue weighted by molar-refractivity contribution is 6.16. The number of anilines is 2. The number of rotatable bonds is 3. The molecule has 0 spiro atoms. The van der Waals surface area contributed by atoms with Gasteiger partial charge >= 0.3 is 0 Å². The van der Waals surface area contributed by atoms with Crippen molar-refractivity contribution >= 4 is 23.3 Å². The molecule has 1 N–H and O–H groups in total. The van der Waals surface area contributed by atoms with Crippen molar-refractivity contribution in [1.29, 1.82) is 0 Å². The molecule has 0 aliphatic carbocycles. The number of hydrogen-bond donors (Lipinski definition) is 1. The molecule has 0 radical (unpaired) electrons. The Balaban J connectivity index is 1.78. The van der Waals surface area contributed by atoms with Gasteiger partial charge in [-0.15, -0.1) is 0 Å². The van der Waals surface area contributed by atoms with Crippen molar-refractivity contribution in [3.05, 3.63) is 18.1 Å². The maximum absolute atomic E-state index is 14.4. The maximum atomic E-state index is 14.4. The predicted octanol–water partition coefficient (Wildman–Crippen LogP) is 1.47. The lowest BCUT2D eigenvalue weighted by Gasteiger charge is -2.32. The minimum atomic E-state index is -0.531. The highest BCUT2D eigenvalue weighted by atomic mass is 19.1. The highest BCUT2D eigenvalue weighted by Crippen LogP contribution is 2.28. The van der Waals surface area contributed by atoms with Crippen molar-refractivity contribution in [2.24, 2.45) is 5.92 Å². The zero-order valence-electron chi connectivity index (χ0n) is 12.9. The first-order valence-electron chi connectivity index (χ1n) is 7.97. The maximum Gasteiger partial charge on any atom is 0.233 e. The molecule has 23 heavy (non-hydrogen) atoms. The third kappa shape index (κ3) is 3.19. The summed E-state index contributed by atoms with van der Waals surface area (Å²) in [4.78, 5) is 30.8. The predicted molar refractivity (Wildman–Crippen MR) is 82.6 cm³/mol. The Labute approximate surface area is 133 Å². The molecular formula is C16H20FN3O3. The molecule has 2 aliphatic heterocycles. The molecule has 0 saturated carbocycles. The molecule has 3 rings (SSSR count). The molecular weight excluding hydrogens is 301 g/mol. The molecule has 7 heteroatoms. The monoisotopic (exact) mass is 321 g/mol. The van der Waals surface area contributed by atoms with Gasteiger partial charge in [0.25, 0.3) is 0 Å². The number of carbonyl (C=O) groups excluding carboxylic acids is 2. The van der Waals surface area contributed by atoms with Gasteiger partial charge in [0.2, 0.25) is 11.8 Å². The summed E-state index contributed by atoms with van der Waals surface area (Å²) in [6.07, 6.45) is 4.11.